The second kappa shape index (κ2) is 7.17. The van der Waals surface area contributed by atoms with Crippen molar-refractivity contribution in [2.45, 2.75) is 19.0 Å². The van der Waals surface area contributed by atoms with E-state index in [9.17, 15) is 4.79 Å². The maximum atomic E-state index is 11.3. The van der Waals surface area contributed by atoms with E-state index in [0.717, 1.165) is 21.9 Å². The highest BCUT2D eigenvalue weighted by Gasteiger charge is 2.06. The molecule has 2 aromatic rings. The molecule has 6 heteroatoms. The summed E-state index contributed by atoms with van der Waals surface area (Å²) in [5.74, 6) is 1.17. The van der Waals surface area contributed by atoms with E-state index in [4.69, 9.17) is 4.74 Å². The average molecular weight is 306 g/mol. The minimum Gasteiger partial charge on any atom is -0.494 e. The molecular weight excluding hydrogens is 288 g/mol. The number of benzene rings is 1. The van der Waals surface area contributed by atoms with Crippen LogP contribution >= 0.6 is 11.8 Å². The number of aromatic nitrogens is 2. The summed E-state index contributed by atoms with van der Waals surface area (Å²) in [5, 5.41) is 0.813. The predicted octanol–water partition coefficient (Wildman–Crippen LogP) is 3.17. The van der Waals surface area contributed by atoms with Gasteiger partial charge in [-0.15, -0.1) is 0 Å². The van der Waals surface area contributed by atoms with E-state index < -0.39 is 0 Å². The number of nitrogens with zero attached hydrogens (tertiary/aromatic N) is 1. The Kier molecular flexibility index (Phi) is 5.27. The monoisotopic (exact) mass is 306 g/mol. The quantitative estimate of drug-likeness (QED) is 0.504. The van der Waals surface area contributed by atoms with Gasteiger partial charge in [-0.3, -0.25) is 0 Å². The Bertz CT molecular complexity index is 664. The smallest absolute Gasteiger partial charge is 0.333 e. The van der Waals surface area contributed by atoms with Crippen molar-refractivity contribution >= 4 is 28.8 Å². The van der Waals surface area contributed by atoms with Gasteiger partial charge in [0.05, 0.1) is 24.8 Å². The minimum atomic E-state index is -0.304. The van der Waals surface area contributed by atoms with Crippen LogP contribution in [0.1, 0.15) is 13.8 Å². The first-order chi connectivity index (χ1) is 10.1. The van der Waals surface area contributed by atoms with Crippen LogP contribution < -0.4 is 4.74 Å². The normalized spacial score (nSPS) is 11.7. The second-order valence-electron chi connectivity index (χ2n) is 4.34. The van der Waals surface area contributed by atoms with E-state index in [2.05, 4.69) is 14.7 Å². The Labute approximate surface area is 127 Å². The summed E-state index contributed by atoms with van der Waals surface area (Å²) in [6.07, 6.45) is 1.83. The van der Waals surface area contributed by atoms with Crippen LogP contribution in [0.25, 0.3) is 11.0 Å². The fourth-order valence-corrected chi connectivity index (χ4v) is 2.62. The number of carbonyl (C=O) groups is 1. The van der Waals surface area contributed by atoms with Gasteiger partial charge in [0.1, 0.15) is 5.75 Å². The maximum absolute atomic E-state index is 11.3. The van der Waals surface area contributed by atoms with Crippen LogP contribution in [-0.4, -0.2) is 35.4 Å². The molecule has 0 aliphatic carbocycles. The van der Waals surface area contributed by atoms with Crippen molar-refractivity contribution in [3.05, 3.63) is 29.8 Å². The van der Waals surface area contributed by atoms with Crippen LogP contribution in [0.4, 0.5) is 0 Å². The van der Waals surface area contributed by atoms with Crippen molar-refractivity contribution in [1.29, 1.82) is 0 Å². The molecule has 0 unspecified atom stereocenters. The fraction of sp³-hybridized carbons (Fsp3) is 0.333. The molecule has 5 nitrogen and oxygen atoms in total. The largest absolute Gasteiger partial charge is 0.494 e. The van der Waals surface area contributed by atoms with Crippen molar-refractivity contribution in [2.24, 2.45) is 0 Å². The Morgan fingerprint density at radius 1 is 1.48 bits per heavy atom. The third kappa shape index (κ3) is 4.01. The molecule has 0 spiro atoms. The second-order valence-corrected chi connectivity index (χ2v) is 5.35. The van der Waals surface area contributed by atoms with Crippen LogP contribution in [0.3, 0.4) is 0 Å². The molecule has 0 saturated carbocycles. The van der Waals surface area contributed by atoms with Crippen LogP contribution in [0.2, 0.25) is 0 Å². The summed E-state index contributed by atoms with van der Waals surface area (Å²) in [5.41, 5.74) is 2.44. The lowest BCUT2D eigenvalue weighted by Crippen LogP contribution is -2.01. The molecule has 2 rings (SSSR count). The number of rotatable bonds is 6. The molecule has 1 aromatic carbocycles. The summed E-state index contributed by atoms with van der Waals surface area (Å²) in [4.78, 5) is 19.0. The Morgan fingerprint density at radius 3 is 3.00 bits per heavy atom. The number of thioether (sulfide) groups is 1. The zero-order valence-corrected chi connectivity index (χ0v) is 13.1. The molecule has 1 aromatic heterocycles. The van der Waals surface area contributed by atoms with E-state index in [1.54, 1.807) is 6.92 Å². The molecule has 0 radical (unpaired) electrons. The lowest BCUT2D eigenvalue weighted by Gasteiger charge is -2.00. The Morgan fingerprint density at radius 2 is 2.29 bits per heavy atom. The van der Waals surface area contributed by atoms with E-state index in [0.29, 0.717) is 17.9 Å². The van der Waals surface area contributed by atoms with Crippen LogP contribution in [0.15, 0.2) is 35.0 Å². The highest BCUT2D eigenvalue weighted by Crippen LogP contribution is 2.23. The Hall–Kier alpha value is -1.95. The van der Waals surface area contributed by atoms with Crippen LogP contribution in [0.5, 0.6) is 5.75 Å². The number of nitrogens with one attached hydrogen (secondary N) is 1. The van der Waals surface area contributed by atoms with Gasteiger partial charge in [0.25, 0.3) is 0 Å². The van der Waals surface area contributed by atoms with Crippen molar-refractivity contribution in [2.75, 3.05) is 19.5 Å². The lowest BCUT2D eigenvalue weighted by molar-refractivity contribution is -0.136. The minimum absolute atomic E-state index is 0.304. The first kappa shape index (κ1) is 15.4. The highest BCUT2D eigenvalue weighted by molar-refractivity contribution is 7.99. The standard InChI is InChI=1S/C15H18N2O3S/c1-4-20-11-5-6-12-13(9-11)17-15(16-12)21-8-7-10(2)14(18)19-3/h5-7,9H,4,8H2,1-3H3,(H,16,17). The van der Waals surface area contributed by atoms with E-state index >= 15 is 0 Å². The van der Waals surface area contributed by atoms with Gasteiger partial charge in [0.15, 0.2) is 5.16 Å². The average Bonchev–Trinajstić information content (AvgIpc) is 2.88. The third-order valence-corrected chi connectivity index (χ3v) is 3.66. The molecule has 0 atom stereocenters. The van der Waals surface area contributed by atoms with Gasteiger partial charge in [-0.2, -0.15) is 0 Å². The van der Waals surface area contributed by atoms with E-state index in [-0.39, 0.29) is 5.97 Å². The predicted molar refractivity (Wildman–Crippen MR) is 83.8 cm³/mol. The summed E-state index contributed by atoms with van der Waals surface area (Å²) in [6, 6.07) is 5.77. The van der Waals surface area contributed by atoms with Gasteiger partial charge in [0, 0.05) is 17.4 Å². The number of esters is 1. The summed E-state index contributed by atoms with van der Waals surface area (Å²) in [7, 11) is 1.38. The number of imidazole rings is 1. The number of methoxy groups -OCH3 is 1. The van der Waals surface area contributed by atoms with Gasteiger partial charge in [-0.05, 0) is 26.0 Å². The SMILES string of the molecule is CCOc1ccc2nc(SCC=C(C)C(=O)OC)[nH]c2c1. The van der Waals surface area contributed by atoms with E-state index in [1.807, 2.05) is 31.2 Å². The summed E-state index contributed by atoms with van der Waals surface area (Å²) < 4.78 is 10.1. The van der Waals surface area contributed by atoms with Gasteiger partial charge in [-0.25, -0.2) is 9.78 Å². The molecule has 1 N–H and O–H groups in total. The van der Waals surface area contributed by atoms with Crippen molar-refractivity contribution in [1.82, 2.24) is 9.97 Å². The fourth-order valence-electron chi connectivity index (χ4n) is 1.78. The number of ether oxygens (including phenoxy) is 2. The van der Waals surface area contributed by atoms with Crippen molar-refractivity contribution in [3.8, 4) is 5.75 Å². The number of carbonyl (C=O) groups excluding carboxylic acids is 1. The topological polar surface area (TPSA) is 64.2 Å². The number of hydrogen-bond donors (Lipinski definition) is 1. The molecule has 0 fully saturated rings. The van der Waals surface area contributed by atoms with Gasteiger partial charge < -0.3 is 14.5 Å². The van der Waals surface area contributed by atoms with Gasteiger partial charge >= 0.3 is 5.97 Å². The molecule has 0 aliphatic rings. The van der Waals surface area contributed by atoms with Crippen molar-refractivity contribution in [3.63, 3.8) is 0 Å². The van der Waals surface area contributed by atoms with Crippen molar-refractivity contribution < 1.29 is 14.3 Å². The number of fused-ring (bicyclic) bond motifs is 1. The first-order valence-electron chi connectivity index (χ1n) is 6.64. The van der Waals surface area contributed by atoms with Crippen LogP contribution in [0, 0.1) is 0 Å². The molecule has 0 aliphatic heterocycles. The summed E-state index contributed by atoms with van der Waals surface area (Å²) >= 11 is 1.53. The Balaban J connectivity index is 2.04. The molecule has 0 saturated heterocycles. The molecule has 21 heavy (non-hydrogen) atoms. The molecular formula is C15H18N2O3S. The van der Waals surface area contributed by atoms with Gasteiger partial charge in [-0.1, -0.05) is 17.8 Å². The summed E-state index contributed by atoms with van der Waals surface area (Å²) in [6.45, 7) is 4.33. The molecule has 1 heterocycles. The van der Waals surface area contributed by atoms with E-state index in [1.165, 1.54) is 18.9 Å². The maximum Gasteiger partial charge on any atom is 0.333 e. The molecule has 0 amide bonds. The first-order valence-corrected chi connectivity index (χ1v) is 7.63. The third-order valence-electron chi connectivity index (χ3n) is 2.86. The zero-order chi connectivity index (χ0) is 15.2. The lowest BCUT2D eigenvalue weighted by atomic mass is 10.3. The number of hydrogen-bond acceptors (Lipinski definition) is 5. The molecule has 112 valence electrons. The number of H-pyrrole nitrogens is 1. The van der Waals surface area contributed by atoms with Gasteiger partial charge in [0.2, 0.25) is 0 Å². The zero-order valence-electron chi connectivity index (χ0n) is 12.3. The molecule has 0 bridgehead atoms. The highest BCUT2D eigenvalue weighted by atomic mass is 32.2. The van der Waals surface area contributed by atoms with Crippen LogP contribution in [-0.2, 0) is 9.53 Å². The number of aromatic amines is 1.